The molecule has 1 saturated carbocycles. The maximum atomic E-state index is 14.1. The van der Waals surface area contributed by atoms with Crippen LogP contribution in [0.15, 0.2) is 30.3 Å². The monoisotopic (exact) mass is 424 g/mol. The molecule has 0 aliphatic heterocycles. The summed E-state index contributed by atoms with van der Waals surface area (Å²) < 4.78 is 55.9. The maximum absolute atomic E-state index is 14.1. The molecule has 1 aliphatic carbocycles. The lowest BCUT2D eigenvalue weighted by Crippen LogP contribution is -2.51. The predicted octanol–water partition coefficient (Wildman–Crippen LogP) is 5.11. The van der Waals surface area contributed by atoms with Gasteiger partial charge in [-0.25, -0.2) is 17.6 Å². The third-order valence-electron chi connectivity index (χ3n) is 5.43. The van der Waals surface area contributed by atoms with Crippen LogP contribution in [0.4, 0.5) is 17.6 Å². The van der Waals surface area contributed by atoms with Gasteiger partial charge in [0.2, 0.25) is 0 Å². The molecule has 2 N–H and O–H groups in total. The zero-order chi connectivity index (χ0) is 21.0. The molecule has 0 bridgehead atoms. The Morgan fingerprint density at radius 1 is 0.931 bits per heavy atom. The quantitative estimate of drug-likeness (QED) is 0.383. The molecule has 2 aromatic carbocycles. The number of thiocarbonyl (C=S) groups is 1. The van der Waals surface area contributed by atoms with Crippen molar-refractivity contribution in [1.82, 2.24) is 10.6 Å². The first-order valence-corrected chi connectivity index (χ1v) is 10.2. The third-order valence-corrected chi connectivity index (χ3v) is 5.70. The van der Waals surface area contributed by atoms with Crippen LogP contribution >= 0.6 is 12.2 Å². The molecule has 2 nitrogen and oxygen atoms in total. The predicted molar refractivity (Wildman–Crippen MR) is 110 cm³/mol. The molecule has 0 unspecified atom stereocenters. The van der Waals surface area contributed by atoms with Crippen LogP contribution in [0.3, 0.4) is 0 Å². The van der Waals surface area contributed by atoms with Crippen LogP contribution in [0.5, 0.6) is 0 Å². The van der Waals surface area contributed by atoms with E-state index in [1.807, 2.05) is 30.3 Å². The molecule has 1 aliphatic rings. The lowest BCUT2D eigenvalue weighted by Gasteiger charge is -2.34. The first-order chi connectivity index (χ1) is 13.9. The zero-order valence-electron chi connectivity index (χ0n) is 16.2. The van der Waals surface area contributed by atoms with Crippen molar-refractivity contribution in [2.24, 2.45) is 0 Å². The smallest absolute Gasteiger partial charge is 0.165 e. The Labute approximate surface area is 173 Å². The minimum Gasteiger partial charge on any atom is -0.375 e. The van der Waals surface area contributed by atoms with Crippen LogP contribution in [0.1, 0.15) is 42.4 Å². The molecule has 29 heavy (non-hydrogen) atoms. The van der Waals surface area contributed by atoms with Gasteiger partial charge < -0.3 is 10.6 Å². The van der Waals surface area contributed by atoms with E-state index in [2.05, 4.69) is 10.6 Å². The van der Waals surface area contributed by atoms with E-state index in [4.69, 9.17) is 12.2 Å². The fourth-order valence-electron chi connectivity index (χ4n) is 3.75. The van der Waals surface area contributed by atoms with Crippen molar-refractivity contribution in [2.45, 2.75) is 57.7 Å². The Balaban J connectivity index is 1.66. The number of hydrogen-bond donors (Lipinski definition) is 2. The molecule has 0 radical (unpaired) electrons. The summed E-state index contributed by atoms with van der Waals surface area (Å²) >= 11 is 5.27. The maximum Gasteiger partial charge on any atom is 0.165 e. The summed E-state index contributed by atoms with van der Waals surface area (Å²) in [7, 11) is 0. The average Bonchev–Trinajstić information content (AvgIpc) is 2.74. The van der Waals surface area contributed by atoms with Crippen molar-refractivity contribution in [3.63, 3.8) is 0 Å². The van der Waals surface area contributed by atoms with Gasteiger partial charge in [0, 0.05) is 36.2 Å². The van der Waals surface area contributed by atoms with Gasteiger partial charge in [0.1, 0.15) is 0 Å². The van der Waals surface area contributed by atoms with Crippen molar-refractivity contribution in [3.8, 4) is 0 Å². The number of benzene rings is 2. The summed E-state index contributed by atoms with van der Waals surface area (Å²) in [6.45, 7) is 1.70. The zero-order valence-corrected chi connectivity index (χ0v) is 17.0. The molecule has 1 fully saturated rings. The Hall–Kier alpha value is -1.99. The summed E-state index contributed by atoms with van der Waals surface area (Å²) in [5, 5.41) is 6.67. The Kier molecular flexibility index (Phi) is 7.24. The molecule has 2 aromatic rings. The van der Waals surface area contributed by atoms with Gasteiger partial charge in [-0.2, -0.15) is 0 Å². The highest BCUT2D eigenvalue weighted by molar-refractivity contribution is 7.80. The summed E-state index contributed by atoms with van der Waals surface area (Å²) in [6.07, 6.45) is 3.51. The van der Waals surface area contributed by atoms with Gasteiger partial charge in [-0.15, -0.1) is 0 Å². The molecule has 0 heterocycles. The minimum atomic E-state index is -1.38. The van der Waals surface area contributed by atoms with Gasteiger partial charge >= 0.3 is 0 Å². The van der Waals surface area contributed by atoms with E-state index in [0.717, 1.165) is 38.2 Å². The first kappa shape index (κ1) is 21.7. The van der Waals surface area contributed by atoms with E-state index >= 15 is 0 Å². The molecule has 0 aromatic heterocycles. The molecule has 0 spiro atoms. The van der Waals surface area contributed by atoms with E-state index in [1.165, 1.54) is 0 Å². The van der Waals surface area contributed by atoms with Crippen molar-refractivity contribution in [2.75, 3.05) is 0 Å². The highest BCUT2D eigenvalue weighted by Gasteiger charge is 2.27. The minimum absolute atomic E-state index is 0.00812. The van der Waals surface area contributed by atoms with Gasteiger partial charge in [0.15, 0.2) is 23.3 Å². The Bertz CT molecular complexity index is 844. The van der Waals surface area contributed by atoms with E-state index in [-0.39, 0.29) is 23.5 Å². The lowest BCUT2D eigenvalue weighted by molar-refractivity contribution is 0.307. The summed E-state index contributed by atoms with van der Waals surface area (Å²) in [5.74, 6) is -5.51. The third kappa shape index (κ3) is 5.14. The fourth-order valence-corrected chi connectivity index (χ4v) is 4.05. The number of halogens is 4. The van der Waals surface area contributed by atoms with Crippen LogP contribution in [-0.2, 0) is 13.0 Å². The molecule has 7 heteroatoms. The highest BCUT2D eigenvalue weighted by atomic mass is 32.1. The number of rotatable bonds is 6. The molecule has 0 saturated heterocycles. The SMILES string of the molecule is Cc1c(F)c(F)c(CC(=S)N[C@@H]2CCCC[C@H]2NCc2ccccc2)c(F)c1F. The second-order valence-corrected chi connectivity index (χ2v) is 7.96. The topological polar surface area (TPSA) is 24.1 Å². The van der Waals surface area contributed by atoms with Crippen LogP contribution < -0.4 is 10.6 Å². The largest absolute Gasteiger partial charge is 0.375 e. The highest BCUT2D eigenvalue weighted by Crippen LogP contribution is 2.25. The standard InChI is InChI=1S/C22H24F4N2S/c1-13-19(23)21(25)15(22(26)20(13)24)11-18(29)28-17-10-6-5-9-16(17)27-12-14-7-3-2-4-8-14/h2-4,7-8,16-17,27H,5-6,9-12H2,1H3,(H,28,29)/t16-,17-/m1/s1. The van der Waals surface area contributed by atoms with Crippen LogP contribution in [0.2, 0.25) is 0 Å². The van der Waals surface area contributed by atoms with E-state index in [9.17, 15) is 17.6 Å². The molecule has 3 rings (SSSR count). The molecule has 2 atom stereocenters. The normalized spacial score (nSPS) is 19.2. The van der Waals surface area contributed by atoms with E-state index < -0.39 is 34.4 Å². The number of hydrogen-bond acceptors (Lipinski definition) is 2. The average molecular weight is 425 g/mol. The van der Waals surface area contributed by atoms with Gasteiger partial charge in [0.25, 0.3) is 0 Å². The van der Waals surface area contributed by atoms with Crippen molar-refractivity contribution < 1.29 is 17.6 Å². The lowest BCUT2D eigenvalue weighted by atomic mass is 9.90. The molecular formula is C22H24F4N2S. The molecular weight excluding hydrogens is 400 g/mol. The summed E-state index contributed by atoms with van der Waals surface area (Å²) in [6, 6.07) is 10.1. The van der Waals surface area contributed by atoms with Crippen molar-refractivity contribution in [3.05, 3.63) is 70.3 Å². The Morgan fingerprint density at radius 3 is 2.14 bits per heavy atom. The molecule has 0 amide bonds. The van der Waals surface area contributed by atoms with Gasteiger partial charge in [0.05, 0.1) is 4.99 Å². The van der Waals surface area contributed by atoms with Crippen molar-refractivity contribution in [1.29, 1.82) is 0 Å². The van der Waals surface area contributed by atoms with Crippen LogP contribution in [0.25, 0.3) is 0 Å². The fraction of sp³-hybridized carbons (Fsp3) is 0.409. The van der Waals surface area contributed by atoms with E-state index in [0.29, 0.717) is 6.54 Å². The second-order valence-electron chi connectivity index (χ2n) is 7.47. The van der Waals surface area contributed by atoms with Crippen molar-refractivity contribution >= 4 is 17.2 Å². The summed E-state index contributed by atoms with van der Waals surface area (Å²) in [4.78, 5) is 0.170. The molecule has 156 valence electrons. The van der Waals surface area contributed by atoms with Gasteiger partial charge in [-0.1, -0.05) is 55.4 Å². The first-order valence-electron chi connectivity index (χ1n) is 9.76. The van der Waals surface area contributed by atoms with E-state index in [1.54, 1.807) is 0 Å². The van der Waals surface area contributed by atoms with Crippen LogP contribution in [-0.4, -0.2) is 17.1 Å². The number of nitrogens with one attached hydrogen (secondary N) is 2. The van der Waals surface area contributed by atoms with Crippen LogP contribution in [0, 0.1) is 30.2 Å². The Morgan fingerprint density at radius 2 is 1.52 bits per heavy atom. The van der Waals surface area contributed by atoms with Gasteiger partial charge in [-0.05, 0) is 25.3 Å². The second kappa shape index (κ2) is 9.67. The summed E-state index contributed by atoms with van der Waals surface area (Å²) in [5.41, 5.74) is -0.179. The van der Waals surface area contributed by atoms with Gasteiger partial charge in [-0.3, -0.25) is 0 Å².